The highest BCUT2D eigenvalue weighted by Crippen LogP contribution is 2.67. The smallest absolute Gasteiger partial charge is 0.159 e. The van der Waals surface area contributed by atoms with Gasteiger partial charge in [0.15, 0.2) is 5.78 Å². The maximum atomic E-state index is 13.2. The van der Waals surface area contributed by atoms with Gasteiger partial charge < -0.3 is 25.4 Å². The fraction of sp³-hybridized carbons (Fsp3) is 0.875. The molecule has 4 aliphatic rings. The molecule has 6 nitrogen and oxygen atoms in total. The second-order valence-electron chi connectivity index (χ2n) is 10.9. The number of rotatable bonds is 5. The lowest BCUT2D eigenvalue weighted by Gasteiger charge is -2.60. The van der Waals surface area contributed by atoms with Crippen molar-refractivity contribution in [3.8, 4) is 0 Å². The van der Waals surface area contributed by atoms with Crippen molar-refractivity contribution < 1.29 is 24.9 Å². The highest BCUT2D eigenvalue weighted by atomic mass is 16.5. The SMILES string of the molecule is COCCNC(C)[C@H]1CCC2(O)C3=CC(=O)[C@@H]4C[C@@H](O)[C@@H](O)C[C@]4(C)C3CC[C@]12C. The molecule has 4 N–H and O–H groups in total. The van der Waals surface area contributed by atoms with Gasteiger partial charge in [-0.15, -0.1) is 0 Å². The van der Waals surface area contributed by atoms with Crippen molar-refractivity contribution in [2.24, 2.45) is 28.6 Å². The van der Waals surface area contributed by atoms with Crippen molar-refractivity contribution in [3.63, 3.8) is 0 Å². The monoisotopic (exact) mass is 421 g/mol. The number of methoxy groups -OCH3 is 1. The van der Waals surface area contributed by atoms with Crippen LogP contribution in [0.25, 0.3) is 0 Å². The van der Waals surface area contributed by atoms with Crippen LogP contribution in [-0.4, -0.2) is 65.2 Å². The second kappa shape index (κ2) is 7.66. The lowest BCUT2D eigenvalue weighted by Crippen LogP contribution is -2.61. The van der Waals surface area contributed by atoms with Crippen LogP contribution in [0.15, 0.2) is 11.6 Å². The number of allylic oxidation sites excluding steroid dienone is 1. The molecule has 0 saturated heterocycles. The zero-order valence-electron chi connectivity index (χ0n) is 18.9. The number of ether oxygens (including phenoxy) is 1. The Morgan fingerprint density at radius 2 is 1.93 bits per heavy atom. The molecule has 0 heterocycles. The number of carbonyl (C=O) groups excluding carboxylic acids is 1. The largest absolute Gasteiger partial charge is 0.390 e. The summed E-state index contributed by atoms with van der Waals surface area (Å²) in [5.74, 6) is 0.142. The summed E-state index contributed by atoms with van der Waals surface area (Å²) in [4.78, 5) is 13.2. The normalized spacial score (nSPS) is 49.1. The van der Waals surface area contributed by atoms with Crippen molar-refractivity contribution in [2.45, 2.75) is 83.1 Å². The summed E-state index contributed by atoms with van der Waals surface area (Å²) in [5, 5.41) is 36.3. The first-order valence-corrected chi connectivity index (χ1v) is 11.6. The fourth-order valence-electron chi connectivity index (χ4n) is 7.74. The van der Waals surface area contributed by atoms with E-state index in [4.69, 9.17) is 4.74 Å². The molecule has 0 bridgehead atoms. The standard InChI is InChI=1S/C24H39NO5/c1-14(25-9-10-30-4)15-6-8-24(29)17-11-19(26)18-12-20(27)21(28)13-22(18,2)16(17)5-7-23(15,24)3/h11,14-16,18,20-21,25,27-29H,5-10,12-13H2,1-4H3/t14?,15-,16?,18+,20-,21+,22-,23-,24?/m1/s1. The van der Waals surface area contributed by atoms with E-state index in [-0.39, 0.29) is 29.1 Å². The molecule has 4 aliphatic carbocycles. The molecular weight excluding hydrogens is 382 g/mol. The van der Waals surface area contributed by atoms with Crippen molar-refractivity contribution >= 4 is 5.78 Å². The number of aliphatic hydroxyl groups is 3. The molecule has 6 heteroatoms. The van der Waals surface area contributed by atoms with Crippen molar-refractivity contribution in [3.05, 3.63) is 11.6 Å². The van der Waals surface area contributed by atoms with E-state index in [0.717, 1.165) is 31.4 Å². The predicted molar refractivity (Wildman–Crippen MR) is 114 cm³/mol. The van der Waals surface area contributed by atoms with E-state index in [2.05, 4.69) is 26.1 Å². The first kappa shape index (κ1) is 22.4. The Kier molecular flexibility index (Phi) is 5.72. The third-order valence-electron chi connectivity index (χ3n) is 9.57. The molecule has 3 fully saturated rings. The van der Waals surface area contributed by atoms with E-state index < -0.39 is 23.2 Å². The van der Waals surface area contributed by atoms with Gasteiger partial charge in [-0.1, -0.05) is 13.8 Å². The van der Waals surface area contributed by atoms with Gasteiger partial charge in [0.2, 0.25) is 0 Å². The minimum Gasteiger partial charge on any atom is -0.390 e. The quantitative estimate of drug-likeness (QED) is 0.506. The summed E-state index contributed by atoms with van der Waals surface area (Å²) < 4.78 is 5.17. The van der Waals surface area contributed by atoms with E-state index in [1.165, 1.54) is 0 Å². The number of hydrogen-bond donors (Lipinski definition) is 4. The third-order valence-corrected chi connectivity index (χ3v) is 9.57. The van der Waals surface area contributed by atoms with Crippen LogP contribution in [0.4, 0.5) is 0 Å². The Morgan fingerprint density at radius 1 is 1.20 bits per heavy atom. The molecule has 0 aliphatic heterocycles. The summed E-state index contributed by atoms with van der Waals surface area (Å²) in [6.07, 6.45) is 4.23. The van der Waals surface area contributed by atoms with Gasteiger partial charge in [0.1, 0.15) is 0 Å². The molecule has 3 unspecified atom stereocenters. The molecule has 0 aromatic heterocycles. The van der Waals surface area contributed by atoms with Crippen LogP contribution in [0.2, 0.25) is 0 Å². The summed E-state index contributed by atoms with van der Waals surface area (Å²) in [5.41, 5.74) is -0.777. The van der Waals surface area contributed by atoms with Crippen molar-refractivity contribution in [1.82, 2.24) is 5.32 Å². The lowest BCUT2D eigenvalue weighted by atomic mass is 9.46. The van der Waals surface area contributed by atoms with Crippen molar-refractivity contribution in [1.29, 1.82) is 0 Å². The number of nitrogens with one attached hydrogen (secondary N) is 1. The van der Waals surface area contributed by atoms with E-state index in [1.54, 1.807) is 13.2 Å². The van der Waals surface area contributed by atoms with Gasteiger partial charge in [0.25, 0.3) is 0 Å². The van der Waals surface area contributed by atoms with E-state index in [0.29, 0.717) is 31.8 Å². The van der Waals surface area contributed by atoms with Crippen LogP contribution in [-0.2, 0) is 9.53 Å². The molecule has 170 valence electrons. The number of ketones is 1. The fourth-order valence-corrected chi connectivity index (χ4v) is 7.74. The van der Waals surface area contributed by atoms with Gasteiger partial charge in [-0.3, -0.25) is 4.79 Å². The molecule has 30 heavy (non-hydrogen) atoms. The average Bonchev–Trinajstić information content (AvgIpc) is 2.96. The molecule has 9 atom stereocenters. The second-order valence-corrected chi connectivity index (χ2v) is 10.9. The maximum Gasteiger partial charge on any atom is 0.159 e. The summed E-state index contributed by atoms with van der Waals surface area (Å²) in [6.45, 7) is 7.94. The van der Waals surface area contributed by atoms with Crippen LogP contribution in [0.5, 0.6) is 0 Å². The topological polar surface area (TPSA) is 99.0 Å². The van der Waals surface area contributed by atoms with Gasteiger partial charge in [0, 0.05) is 31.0 Å². The minimum absolute atomic E-state index is 0.0158. The first-order chi connectivity index (χ1) is 14.1. The summed E-state index contributed by atoms with van der Waals surface area (Å²) in [6, 6.07) is 0.255. The number of hydrogen-bond acceptors (Lipinski definition) is 6. The Morgan fingerprint density at radius 3 is 2.63 bits per heavy atom. The zero-order chi connectivity index (χ0) is 21.9. The van der Waals surface area contributed by atoms with Crippen molar-refractivity contribution in [2.75, 3.05) is 20.3 Å². The number of aliphatic hydroxyl groups excluding tert-OH is 2. The third kappa shape index (κ3) is 3.06. The van der Waals surface area contributed by atoms with Gasteiger partial charge in [-0.05, 0) is 74.3 Å². The van der Waals surface area contributed by atoms with Gasteiger partial charge in [0.05, 0.1) is 24.4 Å². The first-order valence-electron chi connectivity index (χ1n) is 11.6. The molecule has 0 aromatic carbocycles. The number of fused-ring (bicyclic) bond motifs is 5. The van der Waals surface area contributed by atoms with Crippen LogP contribution in [0.3, 0.4) is 0 Å². The number of carbonyl (C=O) groups is 1. The molecule has 4 rings (SSSR count). The average molecular weight is 422 g/mol. The molecule has 0 amide bonds. The molecular formula is C24H39NO5. The van der Waals surface area contributed by atoms with Crippen LogP contribution >= 0.6 is 0 Å². The molecule has 0 aromatic rings. The van der Waals surface area contributed by atoms with E-state index >= 15 is 0 Å². The van der Waals surface area contributed by atoms with Gasteiger partial charge in [-0.25, -0.2) is 0 Å². The van der Waals surface area contributed by atoms with Crippen LogP contribution in [0, 0.1) is 28.6 Å². The Bertz CT molecular complexity index is 724. The molecule has 3 saturated carbocycles. The summed E-state index contributed by atoms with van der Waals surface area (Å²) in [7, 11) is 1.70. The van der Waals surface area contributed by atoms with Gasteiger partial charge >= 0.3 is 0 Å². The van der Waals surface area contributed by atoms with E-state index in [9.17, 15) is 20.1 Å². The maximum absolute atomic E-state index is 13.2. The Labute approximate surface area is 180 Å². The Hall–Kier alpha value is -0.790. The highest BCUT2D eigenvalue weighted by molar-refractivity contribution is 5.95. The molecule has 0 spiro atoms. The molecule has 0 radical (unpaired) electrons. The minimum atomic E-state index is -0.984. The van der Waals surface area contributed by atoms with E-state index in [1.807, 2.05) is 0 Å². The Balaban J connectivity index is 1.65. The highest BCUT2D eigenvalue weighted by Gasteiger charge is 2.66. The predicted octanol–water partition coefficient (Wildman–Crippen LogP) is 1.82. The van der Waals surface area contributed by atoms with Gasteiger partial charge in [-0.2, -0.15) is 0 Å². The summed E-state index contributed by atoms with van der Waals surface area (Å²) >= 11 is 0. The van der Waals surface area contributed by atoms with Crippen LogP contribution < -0.4 is 5.32 Å². The lowest BCUT2D eigenvalue weighted by molar-refractivity contribution is -0.152. The zero-order valence-corrected chi connectivity index (χ0v) is 18.9. The van der Waals surface area contributed by atoms with Crippen LogP contribution in [0.1, 0.15) is 59.3 Å².